The minimum atomic E-state index is -1.16. The molecule has 0 spiro atoms. The number of rotatable bonds is 8. The third kappa shape index (κ3) is 4.89. The number of carbonyl (C=O) groups is 2. The maximum absolute atomic E-state index is 12.8. The highest BCUT2D eigenvalue weighted by Gasteiger charge is 2.27. The number of aliphatic carboxylic acids is 1. The van der Waals surface area contributed by atoms with E-state index < -0.39 is 34.9 Å². The van der Waals surface area contributed by atoms with Crippen LogP contribution in [0.15, 0.2) is 36.4 Å². The van der Waals surface area contributed by atoms with Crippen LogP contribution >= 0.6 is 11.6 Å². The van der Waals surface area contributed by atoms with E-state index in [1.807, 2.05) is 0 Å². The normalized spacial score (nSPS) is 11.4. The third-order valence-corrected chi connectivity index (χ3v) is 4.11. The molecule has 0 aromatic heterocycles. The number of nitro groups is 1. The van der Waals surface area contributed by atoms with Crippen LogP contribution in [0.1, 0.15) is 28.4 Å². The Balaban J connectivity index is 2.45. The summed E-state index contributed by atoms with van der Waals surface area (Å²) in [6, 6.07) is 7.61. The van der Waals surface area contributed by atoms with Gasteiger partial charge < -0.3 is 19.9 Å². The van der Waals surface area contributed by atoms with Crippen LogP contribution in [0, 0.1) is 10.1 Å². The van der Waals surface area contributed by atoms with Gasteiger partial charge in [-0.2, -0.15) is 0 Å². The summed E-state index contributed by atoms with van der Waals surface area (Å²) in [4.78, 5) is 34.6. The molecule has 10 heteroatoms. The quantitative estimate of drug-likeness (QED) is 0.506. The van der Waals surface area contributed by atoms with Crippen molar-refractivity contribution in [2.45, 2.75) is 12.5 Å². The molecule has 0 aliphatic heterocycles. The van der Waals surface area contributed by atoms with Crippen molar-refractivity contribution >= 4 is 29.2 Å². The van der Waals surface area contributed by atoms with Crippen molar-refractivity contribution in [3.8, 4) is 11.5 Å². The molecule has 0 fully saturated rings. The van der Waals surface area contributed by atoms with Crippen LogP contribution in [0.4, 0.5) is 5.69 Å². The summed E-state index contributed by atoms with van der Waals surface area (Å²) in [5.74, 6) is -1.79. The van der Waals surface area contributed by atoms with Gasteiger partial charge in [0.05, 0.1) is 37.7 Å². The molecule has 2 N–H and O–H groups in total. The van der Waals surface area contributed by atoms with Crippen molar-refractivity contribution < 1.29 is 29.1 Å². The lowest BCUT2D eigenvalue weighted by molar-refractivity contribution is -0.385. The third-order valence-electron chi connectivity index (χ3n) is 3.88. The number of nitrogens with zero attached hydrogens (tertiary/aromatic N) is 1. The first kappa shape index (κ1) is 21.0. The average Bonchev–Trinajstić information content (AvgIpc) is 2.65. The first-order valence-corrected chi connectivity index (χ1v) is 8.33. The van der Waals surface area contributed by atoms with Crippen molar-refractivity contribution in [2.24, 2.45) is 0 Å². The van der Waals surface area contributed by atoms with Gasteiger partial charge in [-0.1, -0.05) is 23.7 Å². The Bertz CT molecular complexity index is 917. The predicted octanol–water partition coefficient (Wildman–Crippen LogP) is 3.21. The number of nitrogens with one attached hydrogen (secondary N) is 1. The van der Waals surface area contributed by atoms with E-state index in [1.165, 1.54) is 26.4 Å². The fraction of sp³-hybridized carbons (Fsp3) is 0.222. The highest BCUT2D eigenvalue weighted by atomic mass is 35.5. The number of methoxy groups -OCH3 is 2. The zero-order valence-electron chi connectivity index (χ0n) is 15.0. The van der Waals surface area contributed by atoms with Gasteiger partial charge in [0.25, 0.3) is 11.6 Å². The van der Waals surface area contributed by atoms with Gasteiger partial charge in [0, 0.05) is 11.1 Å². The molecule has 2 aromatic rings. The molecule has 0 aliphatic carbocycles. The maximum atomic E-state index is 12.8. The molecule has 148 valence electrons. The number of amides is 1. The molecule has 0 heterocycles. The van der Waals surface area contributed by atoms with Crippen LogP contribution in [-0.2, 0) is 4.79 Å². The second kappa shape index (κ2) is 9.05. The number of hydrogen-bond acceptors (Lipinski definition) is 6. The van der Waals surface area contributed by atoms with Crippen LogP contribution in [0.25, 0.3) is 0 Å². The van der Waals surface area contributed by atoms with Gasteiger partial charge in [-0.15, -0.1) is 0 Å². The molecule has 0 aliphatic rings. The minimum Gasteiger partial charge on any atom is -0.493 e. The van der Waals surface area contributed by atoms with E-state index >= 15 is 0 Å². The van der Waals surface area contributed by atoms with Gasteiger partial charge in [0.1, 0.15) is 5.56 Å². The van der Waals surface area contributed by atoms with E-state index in [1.54, 1.807) is 18.2 Å². The number of carboxylic acids is 1. The summed E-state index contributed by atoms with van der Waals surface area (Å²) >= 11 is 5.94. The molecular formula is C18H17ClN2O7. The van der Waals surface area contributed by atoms with Crippen LogP contribution in [0.2, 0.25) is 5.02 Å². The zero-order chi connectivity index (χ0) is 20.8. The lowest BCUT2D eigenvalue weighted by Gasteiger charge is -2.18. The highest BCUT2D eigenvalue weighted by Crippen LogP contribution is 2.35. The summed E-state index contributed by atoms with van der Waals surface area (Å²) in [6.45, 7) is 0. The largest absolute Gasteiger partial charge is 0.493 e. The van der Waals surface area contributed by atoms with Gasteiger partial charge in [-0.25, -0.2) is 0 Å². The second-order valence-electron chi connectivity index (χ2n) is 5.66. The number of hydrogen-bond donors (Lipinski definition) is 2. The maximum Gasteiger partial charge on any atom is 0.305 e. The van der Waals surface area contributed by atoms with Crippen LogP contribution in [-0.4, -0.2) is 36.1 Å². The summed E-state index contributed by atoms with van der Waals surface area (Å²) in [5, 5.41) is 23.4. The standard InChI is InChI=1S/C18H17ClN2O7/c1-27-15-7-12(14(21(25)26)9-16(15)28-2)18(24)20-13(8-17(22)23)10-4-3-5-11(19)6-10/h3-7,9,13H,8H2,1-2H3,(H,20,24)(H,22,23)/t13-/m1/s1. The van der Waals surface area contributed by atoms with E-state index in [9.17, 15) is 19.7 Å². The van der Waals surface area contributed by atoms with Gasteiger partial charge in [-0.3, -0.25) is 19.7 Å². The van der Waals surface area contributed by atoms with E-state index in [4.69, 9.17) is 26.2 Å². The Hall–Kier alpha value is -3.33. The topological polar surface area (TPSA) is 128 Å². The fourth-order valence-corrected chi connectivity index (χ4v) is 2.79. The molecule has 1 atom stereocenters. The van der Waals surface area contributed by atoms with Gasteiger partial charge in [-0.05, 0) is 17.7 Å². The summed E-state index contributed by atoms with van der Waals surface area (Å²) < 4.78 is 10.1. The molecule has 1 amide bonds. The fourth-order valence-electron chi connectivity index (χ4n) is 2.59. The highest BCUT2D eigenvalue weighted by molar-refractivity contribution is 6.30. The zero-order valence-corrected chi connectivity index (χ0v) is 15.7. The number of carboxylic acid groups (broad SMARTS) is 1. The number of nitro benzene ring substituents is 1. The molecule has 0 radical (unpaired) electrons. The average molecular weight is 409 g/mol. The number of halogens is 1. The van der Waals surface area contributed by atoms with Crippen LogP contribution in [0.3, 0.4) is 0 Å². The van der Waals surface area contributed by atoms with Crippen molar-refractivity contribution in [3.05, 3.63) is 62.7 Å². The Morgan fingerprint density at radius 1 is 1.21 bits per heavy atom. The molecule has 0 saturated heterocycles. The molecular weight excluding hydrogens is 392 g/mol. The molecule has 28 heavy (non-hydrogen) atoms. The predicted molar refractivity (Wildman–Crippen MR) is 100 cm³/mol. The summed E-state index contributed by atoms with van der Waals surface area (Å²) in [5.41, 5.74) is -0.346. The Labute approximate surface area is 165 Å². The van der Waals surface area contributed by atoms with Gasteiger partial charge in [0.15, 0.2) is 11.5 Å². The second-order valence-corrected chi connectivity index (χ2v) is 6.10. The van der Waals surface area contributed by atoms with Crippen LogP contribution in [0.5, 0.6) is 11.5 Å². The summed E-state index contributed by atoms with van der Waals surface area (Å²) in [7, 11) is 2.63. The van der Waals surface area contributed by atoms with E-state index in [2.05, 4.69) is 5.32 Å². The monoisotopic (exact) mass is 408 g/mol. The first-order valence-electron chi connectivity index (χ1n) is 7.95. The van der Waals surface area contributed by atoms with Crippen molar-refractivity contribution in [3.63, 3.8) is 0 Å². The van der Waals surface area contributed by atoms with Crippen LogP contribution < -0.4 is 14.8 Å². The van der Waals surface area contributed by atoms with E-state index in [0.29, 0.717) is 10.6 Å². The SMILES string of the molecule is COc1cc(C(=O)N[C@H](CC(=O)O)c2cccc(Cl)c2)c([N+](=O)[O-])cc1OC. The Morgan fingerprint density at radius 2 is 1.86 bits per heavy atom. The number of benzene rings is 2. The Morgan fingerprint density at radius 3 is 2.39 bits per heavy atom. The van der Waals surface area contributed by atoms with Crippen molar-refractivity contribution in [2.75, 3.05) is 14.2 Å². The van der Waals surface area contributed by atoms with E-state index in [-0.39, 0.29) is 17.1 Å². The van der Waals surface area contributed by atoms with E-state index in [0.717, 1.165) is 6.07 Å². The van der Waals surface area contributed by atoms with Crippen molar-refractivity contribution in [1.29, 1.82) is 0 Å². The number of ether oxygens (including phenoxy) is 2. The summed E-state index contributed by atoms with van der Waals surface area (Å²) in [6.07, 6.45) is -0.437. The first-order chi connectivity index (χ1) is 13.3. The minimum absolute atomic E-state index is 0.0858. The lowest BCUT2D eigenvalue weighted by atomic mass is 10.0. The molecule has 9 nitrogen and oxygen atoms in total. The molecule has 0 unspecified atom stereocenters. The molecule has 0 saturated carbocycles. The molecule has 2 aromatic carbocycles. The Kier molecular flexibility index (Phi) is 6.78. The smallest absolute Gasteiger partial charge is 0.305 e. The van der Waals surface area contributed by atoms with Crippen molar-refractivity contribution in [1.82, 2.24) is 5.32 Å². The van der Waals surface area contributed by atoms with Gasteiger partial charge >= 0.3 is 5.97 Å². The number of carbonyl (C=O) groups excluding carboxylic acids is 1. The molecule has 2 rings (SSSR count). The van der Waals surface area contributed by atoms with Gasteiger partial charge in [0.2, 0.25) is 0 Å². The lowest BCUT2D eigenvalue weighted by Crippen LogP contribution is -2.30. The molecule has 0 bridgehead atoms.